The van der Waals surface area contributed by atoms with Gasteiger partial charge in [-0.1, -0.05) is 109 Å². The molecule has 0 N–H and O–H groups in total. The molecule has 41 heavy (non-hydrogen) atoms. The molecule has 0 atom stereocenters. The minimum Gasteiger partial charge on any atom is -0.399 e. The van der Waals surface area contributed by atoms with E-state index < -0.39 is 0 Å². The highest BCUT2D eigenvalue weighted by Gasteiger charge is 2.51. The summed E-state index contributed by atoms with van der Waals surface area (Å²) in [6, 6.07) is 42.8. The van der Waals surface area contributed by atoms with Crippen molar-refractivity contribution in [3.63, 3.8) is 0 Å². The second-order valence-electron chi connectivity index (χ2n) is 11.9. The van der Waals surface area contributed by atoms with E-state index >= 15 is 0 Å². The standard InChI is InChI=1S/C37H32BNO2/c1-36(2)37(3,4)41-38(40-36)29-22-20-26(21-23-29)30-17-11-18-32-34(30)31-16-8-9-19-33(31)39-35(32)28-15-10-14-27(24-28)25-12-6-5-7-13-25/h5-24H,1-4H3. The summed E-state index contributed by atoms with van der Waals surface area (Å²) >= 11 is 0. The first-order valence-corrected chi connectivity index (χ1v) is 14.2. The average Bonchev–Trinajstić information content (AvgIpc) is 3.23. The molecule has 0 spiro atoms. The summed E-state index contributed by atoms with van der Waals surface area (Å²) in [5, 5.41) is 3.50. The van der Waals surface area contributed by atoms with Crippen molar-refractivity contribution in [2.24, 2.45) is 0 Å². The summed E-state index contributed by atoms with van der Waals surface area (Å²) in [7, 11) is -0.380. The van der Waals surface area contributed by atoms with Crippen LogP contribution in [-0.4, -0.2) is 23.3 Å². The fraction of sp³-hybridized carbons (Fsp3) is 0.162. The molecule has 0 unspecified atom stereocenters. The van der Waals surface area contributed by atoms with Gasteiger partial charge in [0, 0.05) is 21.7 Å². The van der Waals surface area contributed by atoms with Gasteiger partial charge in [0.1, 0.15) is 0 Å². The van der Waals surface area contributed by atoms with Crippen LogP contribution in [0.15, 0.2) is 121 Å². The van der Waals surface area contributed by atoms with Gasteiger partial charge in [-0.15, -0.1) is 0 Å². The Bertz CT molecular complexity index is 1880. The topological polar surface area (TPSA) is 31.4 Å². The lowest BCUT2D eigenvalue weighted by Gasteiger charge is -2.32. The molecule has 1 aromatic heterocycles. The van der Waals surface area contributed by atoms with Gasteiger partial charge in [-0.25, -0.2) is 4.98 Å². The van der Waals surface area contributed by atoms with E-state index in [4.69, 9.17) is 14.3 Å². The molecule has 3 nitrogen and oxygen atoms in total. The smallest absolute Gasteiger partial charge is 0.399 e. The van der Waals surface area contributed by atoms with Gasteiger partial charge in [0.05, 0.1) is 22.4 Å². The zero-order valence-corrected chi connectivity index (χ0v) is 23.9. The van der Waals surface area contributed by atoms with Crippen molar-refractivity contribution < 1.29 is 9.31 Å². The van der Waals surface area contributed by atoms with E-state index in [1.54, 1.807) is 0 Å². The molecule has 0 bridgehead atoms. The number of hydrogen-bond donors (Lipinski definition) is 0. The summed E-state index contributed by atoms with van der Waals surface area (Å²) < 4.78 is 12.6. The van der Waals surface area contributed by atoms with Crippen LogP contribution >= 0.6 is 0 Å². The van der Waals surface area contributed by atoms with Gasteiger partial charge >= 0.3 is 7.12 Å². The molecule has 0 radical (unpaired) electrons. The van der Waals surface area contributed by atoms with Crippen molar-refractivity contribution in [3.8, 4) is 33.5 Å². The Morgan fingerprint density at radius 3 is 1.90 bits per heavy atom. The predicted molar refractivity (Wildman–Crippen MR) is 171 cm³/mol. The van der Waals surface area contributed by atoms with Crippen molar-refractivity contribution in [2.75, 3.05) is 0 Å². The molecule has 200 valence electrons. The zero-order chi connectivity index (χ0) is 28.2. The molecule has 6 aromatic rings. The third-order valence-corrected chi connectivity index (χ3v) is 8.72. The molecule has 2 heterocycles. The van der Waals surface area contributed by atoms with Crippen LogP contribution in [0.1, 0.15) is 27.7 Å². The molecule has 0 aliphatic carbocycles. The van der Waals surface area contributed by atoms with E-state index in [9.17, 15) is 0 Å². The number of hydrogen-bond acceptors (Lipinski definition) is 3. The first kappa shape index (κ1) is 25.7. The number of benzene rings is 5. The van der Waals surface area contributed by atoms with Gasteiger partial charge in [-0.2, -0.15) is 0 Å². The van der Waals surface area contributed by atoms with E-state index in [0.29, 0.717) is 0 Å². The van der Waals surface area contributed by atoms with Gasteiger partial charge in [0.2, 0.25) is 0 Å². The number of rotatable bonds is 4. The monoisotopic (exact) mass is 533 g/mol. The molecular formula is C37H32BNO2. The highest BCUT2D eigenvalue weighted by atomic mass is 16.7. The number of para-hydroxylation sites is 1. The zero-order valence-electron chi connectivity index (χ0n) is 23.9. The first-order valence-electron chi connectivity index (χ1n) is 14.2. The highest BCUT2D eigenvalue weighted by molar-refractivity contribution is 6.62. The number of pyridine rings is 1. The maximum Gasteiger partial charge on any atom is 0.494 e. The molecule has 0 saturated carbocycles. The van der Waals surface area contributed by atoms with E-state index in [1.807, 2.05) is 0 Å². The molecule has 0 amide bonds. The van der Waals surface area contributed by atoms with Crippen molar-refractivity contribution in [3.05, 3.63) is 121 Å². The Hall–Kier alpha value is -4.25. The fourth-order valence-corrected chi connectivity index (χ4v) is 5.74. The largest absolute Gasteiger partial charge is 0.494 e. The van der Waals surface area contributed by atoms with Crippen LogP contribution < -0.4 is 5.46 Å². The van der Waals surface area contributed by atoms with E-state index in [0.717, 1.165) is 38.6 Å². The molecular weight excluding hydrogens is 501 g/mol. The highest BCUT2D eigenvalue weighted by Crippen LogP contribution is 2.40. The van der Waals surface area contributed by atoms with Gasteiger partial charge in [-0.3, -0.25) is 0 Å². The van der Waals surface area contributed by atoms with Gasteiger partial charge < -0.3 is 9.31 Å². The van der Waals surface area contributed by atoms with Crippen LogP contribution in [0.25, 0.3) is 55.2 Å². The summed E-state index contributed by atoms with van der Waals surface area (Å²) in [5.74, 6) is 0. The molecule has 1 aliphatic heterocycles. The van der Waals surface area contributed by atoms with E-state index in [1.165, 1.54) is 22.1 Å². The van der Waals surface area contributed by atoms with Crippen molar-refractivity contribution >= 4 is 34.3 Å². The normalized spacial score (nSPS) is 16.0. The van der Waals surface area contributed by atoms with Gasteiger partial charge in [0.25, 0.3) is 0 Å². The Kier molecular flexibility index (Phi) is 6.08. The summed E-state index contributed by atoms with van der Waals surface area (Å²) in [6.07, 6.45) is 0. The third-order valence-electron chi connectivity index (χ3n) is 8.72. The van der Waals surface area contributed by atoms with Gasteiger partial charge in [0.15, 0.2) is 0 Å². The molecule has 4 heteroatoms. The third kappa shape index (κ3) is 4.44. The Labute approximate surface area is 241 Å². The SMILES string of the molecule is CC1(C)OB(c2ccc(-c3cccc4c(-c5cccc(-c6ccccc6)c5)nc5ccccc5c34)cc2)OC1(C)C. The maximum absolute atomic E-state index is 6.30. The Morgan fingerprint density at radius 2 is 1.15 bits per heavy atom. The number of nitrogens with zero attached hydrogens (tertiary/aromatic N) is 1. The van der Waals surface area contributed by atoms with Gasteiger partial charge in [-0.05, 0) is 67.5 Å². The van der Waals surface area contributed by atoms with Crippen LogP contribution in [0.3, 0.4) is 0 Å². The van der Waals surface area contributed by atoms with Crippen LogP contribution in [0.5, 0.6) is 0 Å². The predicted octanol–water partition coefficient (Wildman–Crippen LogP) is 8.69. The van der Waals surface area contributed by atoms with Crippen LogP contribution in [-0.2, 0) is 9.31 Å². The molecule has 1 fully saturated rings. The molecule has 5 aromatic carbocycles. The van der Waals surface area contributed by atoms with E-state index in [-0.39, 0.29) is 18.3 Å². The van der Waals surface area contributed by atoms with Crippen LogP contribution in [0.2, 0.25) is 0 Å². The summed E-state index contributed by atoms with van der Waals surface area (Å²) in [5.41, 5.74) is 8.08. The van der Waals surface area contributed by atoms with Crippen molar-refractivity contribution in [2.45, 2.75) is 38.9 Å². The summed E-state index contributed by atoms with van der Waals surface area (Å²) in [6.45, 7) is 8.35. The maximum atomic E-state index is 6.30. The van der Waals surface area contributed by atoms with Crippen molar-refractivity contribution in [1.82, 2.24) is 4.98 Å². The minimum atomic E-state index is -0.380. The van der Waals surface area contributed by atoms with E-state index in [2.05, 4.69) is 149 Å². The lowest BCUT2D eigenvalue weighted by atomic mass is 9.78. The number of aromatic nitrogens is 1. The molecule has 7 rings (SSSR count). The molecule has 1 saturated heterocycles. The first-order chi connectivity index (χ1) is 19.8. The quantitative estimate of drug-likeness (QED) is 0.168. The number of fused-ring (bicyclic) bond motifs is 3. The Balaban J connectivity index is 1.37. The summed E-state index contributed by atoms with van der Waals surface area (Å²) in [4.78, 5) is 5.20. The fourth-order valence-electron chi connectivity index (χ4n) is 5.74. The van der Waals surface area contributed by atoms with Crippen molar-refractivity contribution in [1.29, 1.82) is 0 Å². The Morgan fingerprint density at radius 1 is 0.537 bits per heavy atom. The molecule has 1 aliphatic rings. The lowest BCUT2D eigenvalue weighted by Crippen LogP contribution is -2.41. The minimum absolute atomic E-state index is 0.369. The second kappa shape index (κ2) is 9.69. The van der Waals surface area contributed by atoms with Crippen LogP contribution in [0.4, 0.5) is 0 Å². The average molecular weight is 533 g/mol. The lowest BCUT2D eigenvalue weighted by molar-refractivity contribution is 0.00578. The second-order valence-corrected chi connectivity index (χ2v) is 11.9. The van der Waals surface area contributed by atoms with Crippen LogP contribution in [0, 0.1) is 0 Å².